The van der Waals surface area contributed by atoms with Gasteiger partial charge < -0.3 is 10.1 Å². The standard InChI is InChI=1S/C25H28FN3O3/c1-3-32-23(31)14-22(30)28-21-11-7-10-20(26)24(21)25(17-27)12-13-29(18(2)15-25)16-19-8-5-4-6-9-19/h4-11,18H,3,12-16H2,1-2H3,(H,28,30). The molecule has 2 atom stereocenters. The molecule has 1 aliphatic rings. The number of likely N-dealkylation sites (tertiary alicyclic amines) is 1. The second-order valence-corrected chi connectivity index (χ2v) is 8.15. The highest BCUT2D eigenvalue weighted by molar-refractivity contribution is 6.02. The number of esters is 1. The molecule has 32 heavy (non-hydrogen) atoms. The number of rotatable bonds is 7. The average Bonchev–Trinajstić information content (AvgIpc) is 2.76. The maximum absolute atomic E-state index is 15.1. The fourth-order valence-electron chi connectivity index (χ4n) is 4.38. The average molecular weight is 438 g/mol. The number of nitriles is 1. The van der Waals surface area contributed by atoms with E-state index in [0.29, 0.717) is 19.4 Å². The van der Waals surface area contributed by atoms with E-state index in [1.807, 2.05) is 25.1 Å². The number of ether oxygens (including phenoxy) is 1. The van der Waals surface area contributed by atoms with E-state index in [2.05, 4.69) is 28.4 Å². The zero-order valence-corrected chi connectivity index (χ0v) is 18.4. The lowest BCUT2D eigenvalue weighted by Crippen LogP contribution is -2.47. The van der Waals surface area contributed by atoms with Gasteiger partial charge in [-0.05, 0) is 44.4 Å². The number of benzene rings is 2. The number of amides is 1. The number of carbonyl (C=O) groups is 2. The summed E-state index contributed by atoms with van der Waals surface area (Å²) in [5.41, 5.74) is 0.516. The van der Waals surface area contributed by atoms with Gasteiger partial charge in [0.1, 0.15) is 12.2 Å². The Hall–Kier alpha value is -3.24. The molecule has 7 heteroatoms. The van der Waals surface area contributed by atoms with Crippen LogP contribution in [0, 0.1) is 17.1 Å². The molecule has 1 fully saturated rings. The van der Waals surface area contributed by atoms with Crippen molar-refractivity contribution in [2.45, 2.75) is 51.1 Å². The van der Waals surface area contributed by atoms with Gasteiger partial charge in [-0.1, -0.05) is 36.4 Å². The number of halogens is 1. The number of carbonyl (C=O) groups excluding carboxylic acids is 2. The summed E-state index contributed by atoms with van der Waals surface area (Å²) in [4.78, 5) is 26.2. The van der Waals surface area contributed by atoms with Gasteiger partial charge in [-0.15, -0.1) is 0 Å². The van der Waals surface area contributed by atoms with Crippen LogP contribution in [-0.4, -0.2) is 36.0 Å². The summed E-state index contributed by atoms with van der Waals surface area (Å²) >= 11 is 0. The van der Waals surface area contributed by atoms with E-state index < -0.39 is 29.5 Å². The van der Waals surface area contributed by atoms with Crippen LogP contribution in [0.4, 0.5) is 10.1 Å². The van der Waals surface area contributed by atoms with Crippen LogP contribution in [0.2, 0.25) is 0 Å². The van der Waals surface area contributed by atoms with E-state index in [4.69, 9.17) is 4.74 Å². The van der Waals surface area contributed by atoms with Gasteiger partial charge in [0.05, 0.1) is 18.1 Å². The third-order valence-corrected chi connectivity index (χ3v) is 5.91. The van der Waals surface area contributed by atoms with Crippen molar-refractivity contribution in [3.8, 4) is 6.07 Å². The first-order valence-corrected chi connectivity index (χ1v) is 10.8. The minimum Gasteiger partial charge on any atom is -0.466 e. The molecule has 1 saturated heterocycles. The number of anilines is 1. The van der Waals surface area contributed by atoms with E-state index >= 15 is 4.39 Å². The maximum Gasteiger partial charge on any atom is 0.315 e. The van der Waals surface area contributed by atoms with Gasteiger partial charge in [0, 0.05) is 30.4 Å². The minimum absolute atomic E-state index is 0.0336. The molecule has 168 valence electrons. The monoisotopic (exact) mass is 437 g/mol. The molecule has 0 spiro atoms. The first-order valence-electron chi connectivity index (χ1n) is 10.8. The quantitative estimate of drug-likeness (QED) is 0.519. The van der Waals surface area contributed by atoms with Crippen LogP contribution in [0.1, 0.15) is 44.2 Å². The lowest BCUT2D eigenvalue weighted by atomic mass is 9.70. The summed E-state index contributed by atoms with van der Waals surface area (Å²) in [7, 11) is 0. The molecule has 0 saturated carbocycles. The van der Waals surface area contributed by atoms with Gasteiger partial charge in [-0.3, -0.25) is 14.5 Å². The topological polar surface area (TPSA) is 82.4 Å². The predicted molar refractivity (Wildman–Crippen MR) is 119 cm³/mol. The van der Waals surface area contributed by atoms with E-state index in [0.717, 1.165) is 6.54 Å². The van der Waals surface area contributed by atoms with Crippen LogP contribution in [0.25, 0.3) is 0 Å². The largest absolute Gasteiger partial charge is 0.466 e. The predicted octanol–water partition coefficient (Wildman–Crippen LogP) is 4.16. The van der Waals surface area contributed by atoms with Crippen molar-refractivity contribution < 1.29 is 18.7 Å². The fourth-order valence-corrected chi connectivity index (χ4v) is 4.38. The number of nitrogens with one attached hydrogen (secondary N) is 1. The van der Waals surface area contributed by atoms with Crippen LogP contribution in [0.15, 0.2) is 48.5 Å². The molecule has 6 nitrogen and oxygen atoms in total. The van der Waals surface area contributed by atoms with Crippen LogP contribution in [-0.2, 0) is 26.3 Å². The Morgan fingerprint density at radius 2 is 2.00 bits per heavy atom. The Morgan fingerprint density at radius 1 is 1.25 bits per heavy atom. The van der Waals surface area contributed by atoms with Gasteiger partial charge in [0.2, 0.25) is 5.91 Å². The third-order valence-electron chi connectivity index (χ3n) is 5.91. The lowest BCUT2D eigenvalue weighted by Gasteiger charge is -2.43. The summed E-state index contributed by atoms with van der Waals surface area (Å²) in [6.07, 6.45) is 0.394. The molecular weight excluding hydrogens is 409 g/mol. The Bertz CT molecular complexity index is 1010. The van der Waals surface area contributed by atoms with Crippen molar-refractivity contribution in [2.24, 2.45) is 0 Å². The molecule has 0 aliphatic carbocycles. The van der Waals surface area contributed by atoms with Crippen molar-refractivity contribution in [3.05, 3.63) is 65.5 Å². The Morgan fingerprint density at radius 3 is 2.66 bits per heavy atom. The third kappa shape index (κ3) is 5.32. The maximum atomic E-state index is 15.1. The second kappa shape index (κ2) is 10.4. The fraction of sp³-hybridized carbons (Fsp3) is 0.400. The molecule has 1 amide bonds. The number of hydrogen-bond donors (Lipinski definition) is 1. The normalized spacial score (nSPS) is 20.9. The molecule has 2 unspecified atom stereocenters. The Kier molecular flexibility index (Phi) is 7.60. The summed E-state index contributed by atoms with van der Waals surface area (Å²) in [6.45, 7) is 5.24. The van der Waals surface area contributed by atoms with Crippen LogP contribution in [0.5, 0.6) is 0 Å². The van der Waals surface area contributed by atoms with Crippen molar-refractivity contribution in [1.29, 1.82) is 5.26 Å². The van der Waals surface area contributed by atoms with Gasteiger partial charge in [-0.25, -0.2) is 4.39 Å². The van der Waals surface area contributed by atoms with E-state index in [-0.39, 0.29) is 23.9 Å². The minimum atomic E-state index is -1.08. The van der Waals surface area contributed by atoms with Crippen LogP contribution < -0.4 is 5.32 Å². The van der Waals surface area contributed by atoms with Crippen molar-refractivity contribution in [2.75, 3.05) is 18.5 Å². The summed E-state index contributed by atoms with van der Waals surface area (Å²) in [6, 6.07) is 16.8. The zero-order valence-electron chi connectivity index (χ0n) is 18.4. The Labute approximate surface area is 188 Å². The van der Waals surface area contributed by atoms with Crippen molar-refractivity contribution in [3.63, 3.8) is 0 Å². The van der Waals surface area contributed by atoms with Crippen LogP contribution in [0.3, 0.4) is 0 Å². The highest BCUT2D eigenvalue weighted by Gasteiger charge is 2.43. The lowest BCUT2D eigenvalue weighted by molar-refractivity contribution is -0.145. The van der Waals surface area contributed by atoms with Crippen molar-refractivity contribution >= 4 is 17.6 Å². The molecular formula is C25H28FN3O3. The van der Waals surface area contributed by atoms with E-state index in [9.17, 15) is 14.9 Å². The first kappa shape index (κ1) is 23.4. The Balaban J connectivity index is 1.82. The summed E-state index contributed by atoms with van der Waals surface area (Å²) < 4.78 is 19.9. The highest BCUT2D eigenvalue weighted by atomic mass is 19.1. The molecule has 1 N–H and O–H groups in total. The SMILES string of the molecule is CCOC(=O)CC(=O)Nc1cccc(F)c1C1(C#N)CCN(Cc2ccccc2)C(C)C1. The van der Waals surface area contributed by atoms with Gasteiger partial charge in [-0.2, -0.15) is 5.26 Å². The molecule has 0 bridgehead atoms. The van der Waals surface area contributed by atoms with Gasteiger partial charge >= 0.3 is 5.97 Å². The second-order valence-electron chi connectivity index (χ2n) is 8.15. The van der Waals surface area contributed by atoms with Gasteiger partial charge in [0.25, 0.3) is 0 Å². The molecule has 0 radical (unpaired) electrons. The van der Waals surface area contributed by atoms with E-state index in [1.54, 1.807) is 13.0 Å². The number of piperidine rings is 1. The zero-order chi connectivity index (χ0) is 23.1. The summed E-state index contributed by atoms with van der Waals surface area (Å²) in [5, 5.41) is 12.8. The molecule has 2 aromatic rings. The number of hydrogen-bond acceptors (Lipinski definition) is 5. The summed E-state index contributed by atoms with van der Waals surface area (Å²) in [5.74, 6) is -1.79. The van der Waals surface area contributed by atoms with E-state index in [1.165, 1.54) is 17.7 Å². The smallest absolute Gasteiger partial charge is 0.315 e. The number of nitrogens with zero attached hydrogens (tertiary/aromatic N) is 2. The van der Waals surface area contributed by atoms with Gasteiger partial charge in [0.15, 0.2) is 0 Å². The first-order chi connectivity index (χ1) is 15.4. The highest BCUT2D eigenvalue weighted by Crippen LogP contribution is 2.42. The molecule has 1 aliphatic heterocycles. The van der Waals surface area contributed by atoms with Crippen molar-refractivity contribution in [1.82, 2.24) is 4.90 Å². The molecule has 3 rings (SSSR count). The molecule has 0 aromatic heterocycles. The van der Waals surface area contributed by atoms with Crippen LogP contribution >= 0.6 is 0 Å². The molecule has 1 heterocycles. The molecule has 2 aromatic carbocycles.